The van der Waals surface area contributed by atoms with E-state index in [1.54, 1.807) is 0 Å². The van der Waals surface area contributed by atoms with Crippen molar-refractivity contribution in [1.82, 2.24) is 19.5 Å². The SMILES string of the molecule is CC(C)/C=C(\C=C/CNSO)C(=O)N1CCCN(Cc2ccccn2)CC1. The average molecular weight is 391 g/mol. The lowest BCUT2D eigenvalue weighted by molar-refractivity contribution is -0.126. The van der Waals surface area contributed by atoms with Crippen molar-refractivity contribution in [2.75, 3.05) is 32.7 Å². The van der Waals surface area contributed by atoms with Crippen LogP contribution in [0.2, 0.25) is 0 Å². The van der Waals surface area contributed by atoms with E-state index in [0.29, 0.717) is 30.3 Å². The monoisotopic (exact) mass is 390 g/mol. The van der Waals surface area contributed by atoms with Gasteiger partial charge in [0, 0.05) is 51.0 Å². The van der Waals surface area contributed by atoms with E-state index in [9.17, 15) is 4.79 Å². The molecular formula is C20H30N4O2S. The highest BCUT2D eigenvalue weighted by atomic mass is 32.2. The van der Waals surface area contributed by atoms with Crippen molar-refractivity contribution < 1.29 is 9.35 Å². The second-order valence-electron chi connectivity index (χ2n) is 6.95. The molecule has 6 nitrogen and oxygen atoms in total. The summed E-state index contributed by atoms with van der Waals surface area (Å²) in [6.45, 7) is 8.77. The van der Waals surface area contributed by atoms with Crippen molar-refractivity contribution in [1.29, 1.82) is 0 Å². The van der Waals surface area contributed by atoms with Crippen molar-refractivity contribution in [3.63, 3.8) is 0 Å². The van der Waals surface area contributed by atoms with E-state index in [0.717, 1.165) is 44.8 Å². The molecule has 1 fully saturated rings. The molecule has 1 aliphatic heterocycles. The van der Waals surface area contributed by atoms with E-state index in [2.05, 4.69) is 28.5 Å². The van der Waals surface area contributed by atoms with Gasteiger partial charge in [0.15, 0.2) is 0 Å². The van der Waals surface area contributed by atoms with Gasteiger partial charge in [0.2, 0.25) is 0 Å². The highest BCUT2D eigenvalue weighted by Gasteiger charge is 2.21. The van der Waals surface area contributed by atoms with Gasteiger partial charge in [-0.05, 0) is 24.5 Å². The van der Waals surface area contributed by atoms with Crippen molar-refractivity contribution in [3.8, 4) is 0 Å². The summed E-state index contributed by atoms with van der Waals surface area (Å²) in [5.41, 5.74) is 1.78. The van der Waals surface area contributed by atoms with Crippen LogP contribution in [0.5, 0.6) is 0 Å². The summed E-state index contributed by atoms with van der Waals surface area (Å²) in [4.78, 5) is 21.7. The molecule has 2 rings (SSSR count). The van der Waals surface area contributed by atoms with Crippen LogP contribution in [0.4, 0.5) is 0 Å². The van der Waals surface area contributed by atoms with E-state index in [1.165, 1.54) is 0 Å². The molecule has 1 aromatic rings. The number of allylic oxidation sites excluding steroid dienone is 1. The summed E-state index contributed by atoms with van der Waals surface area (Å²) >= 11 is 0.581. The molecule has 1 aliphatic rings. The molecule has 0 aliphatic carbocycles. The zero-order chi connectivity index (χ0) is 19.5. The number of hydrogen-bond acceptors (Lipinski definition) is 6. The van der Waals surface area contributed by atoms with Crippen LogP contribution in [0.1, 0.15) is 26.0 Å². The van der Waals surface area contributed by atoms with Crippen LogP contribution < -0.4 is 4.72 Å². The lowest BCUT2D eigenvalue weighted by Gasteiger charge is -2.22. The number of amides is 1. The van der Waals surface area contributed by atoms with Crippen molar-refractivity contribution >= 4 is 18.1 Å². The van der Waals surface area contributed by atoms with Gasteiger partial charge in [0.25, 0.3) is 5.91 Å². The minimum absolute atomic E-state index is 0.0799. The third-order valence-corrected chi connectivity index (χ3v) is 4.61. The van der Waals surface area contributed by atoms with Gasteiger partial charge >= 0.3 is 0 Å². The molecule has 1 aromatic heterocycles. The highest BCUT2D eigenvalue weighted by Crippen LogP contribution is 2.13. The molecule has 2 heterocycles. The largest absolute Gasteiger partial charge is 0.337 e. The van der Waals surface area contributed by atoms with Gasteiger partial charge in [0.1, 0.15) is 0 Å². The molecular weight excluding hydrogens is 360 g/mol. The lowest BCUT2D eigenvalue weighted by atomic mass is 10.1. The molecule has 0 bridgehead atoms. The first kappa shape index (κ1) is 21.6. The minimum atomic E-state index is 0.0799. The first-order valence-electron chi connectivity index (χ1n) is 9.43. The molecule has 148 valence electrons. The van der Waals surface area contributed by atoms with Gasteiger partial charge in [-0.2, -0.15) is 0 Å². The minimum Gasteiger partial charge on any atom is -0.337 e. The summed E-state index contributed by atoms with van der Waals surface area (Å²) in [6, 6.07) is 5.98. The Morgan fingerprint density at radius 1 is 1.33 bits per heavy atom. The van der Waals surface area contributed by atoms with Crippen LogP contribution in [0.15, 0.2) is 48.2 Å². The number of carbonyl (C=O) groups excluding carboxylic acids is 1. The second-order valence-corrected chi connectivity index (χ2v) is 7.42. The van der Waals surface area contributed by atoms with Crippen LogP contribution >= 0.6 is 12.2 Å². The number of aromatic nitrogens is 1. The van der Waals surface area contributed by atoms with Crippen LogP contribution in [-0.2, 0) is 11.3 Å². The Hall–Kier alpha value is -1.67. The highest BCUT2D eigenvalue weighted by molar-refractivity contribution is 7.91. The van der Waals surface area contributed by atoms with Crippen LogP contribution in [0, 0.1) is 5.92 Å². The number of rotatable bonds is 8. The van der Waals surface area contributed by atoms with Crippen LogP contribution in [0.25, 0.3) is 0 Å². The lowest BCUT2D eigenvalue weighted by Crippen LogP contribution is -2.35. The van der Waals surface area contributed by atoms with Gasteiger partial charge < -0.3 is 9.45 Å². The molecule has 7 heteroatoms. The Balaban J connectivity index is 1.96. The number of pyridine rings is 1. The molecule has 27 heavy (non-hydrogen) atoms. The smallest absolute Gasteiger partial charge is 0.253 e. The first-order chi connectivity index (χ1) is 13.1. The van der Waals surface area contributed by atoms with Crippen molar-refractivity contribution in [3.05, 3.63) is 53.9 Å². The fourth-order valence-corrected chi connectivity index (χ4v) is 3.23. The predicted octanol–water partition coefficient (Wildman–Crippen LogP) is 2.97. The molecule has 1 saturated heterocycles. The van der Waals surface area contributed by atoms with E-state index in [4.69, 9.17) is 4.55 Å². The summed E-state index contributed by atoms with van der Waals surface area (Å²) in [5.74, 6) is 0.373. The third-order valence-electron chi connectivity index (χ3n) is 4.31. The second kappa shape index (κ2) is 11.9. The summed E-state index contributed by atoms with van der Waals surface area (Å²) < 4.78 is 11.5. The maximum Gasteiger partial charge on any atom is 0.253 e. The van der Waals surface area contributed by atoms with E-state index >= 15 is 0 Å². The maximum absolute atomic E-state index is 13.0. The average Bonchev–Trinajstić information content (AvgIpc) is 2.90. The Kier molecular flexibility index (Phi) is 9.55. The number of carbonyl (C=O) groups is 1. The zero-order valence-electron chi connectivity index (χ0n) is 16.2. The topological polar surface area (TPSA) is 68.7 Å². The number of hydrogen-bond donors (Lipinski definition) is 2. The number of nitrogens with zero attached hydrogens (tertiary/aromatic N) is 3. The predicted molar refractivity (Wildman–Crippen MR) is 111 cm³/mol. The Morgan fingerprint density at radius 3 is 2.89 bits per heavy atom. The van der Waals surface area contributed by atoms with Crippen LogP contribution in [0.3, 0.4) is 0 Å². The van der Waals surface area contributed by atoms with Crippen molar-refractivity contribution in [2.24, 2.45) is 5.92 Å². The molecule has 1 amide bonds. The van der Waals surface area contributed by atoms with Gasteiger partial charge in [0.05, 0.1) is 17.9 Å². The third kappa shape index (κ3) is 7.84. The van der Waals surface area contributed by atoms with Gasteiger partial charge in [-0.25, -0.2) is 4.72 Å². The fourth-order valence-electron chi connectivity index (χ4n) is 3.06. The zero-order valence-corrected chi connectivity index (χ0v) is 17.0. The summed E-state index contributed by atoms with van der Waals surface area (Å²) in [7, 11) is 0. The fraction of sp³-hybridized carbons (Fsp3) is 0.500. The summed E-state index contributed by atoms with van der Waals surface area (Å²) in [6.07, 6.45) is 8.49. The molecule has 0 radical (unpaired) electrons. The van der Waals surface area contributed by atoms with Gasteiger partial charge in [-0.15, -0.1) is 0 Å². The molecule has 0 unspecified atom stereocenters. The Labute approximate surface area is 166 Å². The Bertz CT molecular complexity index is 634. The normalized spacial score (nSPS) is 16.9. The van der Waals surface area contributed by atoms with Crippen LogP contribution in [-0.4, -0.2) is 58.0 Å². The quantitative estimate of drug-likeness (QED) is 0.234. The van der Waals surface area contributed by atoms with Gasteiger partial charge in [-0.1, -0.05) is 38.1 Å². The van der Waals surface area contributed by atoms with E-state index < -0.39 is 0 Å². The molecule has 0 spiro atoms. The van der Waals surface area contributed by atoms with E-state index in [-0.39, 0.29) is 5.91 Å². The molecule has 2 N–H and O–H groups in total. The van der Waals surface area contributed by atoms with Gasteiger partial charge in [-0.3, -0.25) is 14.7 Å². The standard InChI is InChI=1S/C20H30N4O2S/c1-17(2)15-18(7-5-10-22-27-26)20(25)24-12-6-11-23(13-14-24)16-19-8-3-4-9-21-19/h3-5,7-9,15,17,22,26H,6,10-14,16H2,1-2H3/b7-5-,18-15+. The van der Waals surface area contributed by atoms with E-state index in [1.807, 2.05) is 47.5 Å². The summed E-state index contributed by atoms with van der Waals surface area (Å²) in [5, 5.41) is 0. The maximum atomic E-state index is 13.0. The number of nitrogens with one attached hydrogen (secondary N) is 1. The first-order valence-corrected chi connectivity index (χ1v) is 10.2. The Morgan fingerprint density at radius 2 is 2.19 bits per heavy atom. The molecule has 0 atom stereocenters. The molecule has 0 saturated carbocycles. The molecule has 0 aromatic carbocycles. The van der Waals surface area contributed by atoms with Crippen molar-refractivity contribution in [2.45, 2.75) is 26.8 Å².